The van der Waals surface area contributed by atoms with E-state index in [1.807, 2.05) is 6.07 Å². The van der Waals surface area contributed by atoms with Crippen molar-refractivity contribution in [2.75, 3.05) is 19.5 Å². The van der Waals surface area contributed by atoms with Gasteiger partial charge in [-0.15, -0.1) is 0 Å². The minimum Gasteiger partial charge on any atom is -0.493 e. The first kappa shape index (κ1) is 22.0. The third kappa shape index (κ3) is 4.38. The van der Waals surface area contributed by atoms with Crippen LogP contribution in [0.4, 0.5) is 0 Å². The molecular formula is C22H26N2O5S. The van der Waals surface area contributed by atoms with Crippen LogP contribution in [0.5, 0.6) is 11.5 Å². The van der Waals surface area contributed by atoms with Crippen molar-refractivity contribution < 1.29 is 23.8 Å². The Bertz CT molecular complexity index is 922. The molecular weight excluding hydrogens is 404 g/mol. The molecule has 2 aliphatic heterocycles. The first-order valence-electron chi connectivity index (χ1n) is 9.74. The van der Waals surface area contributed by atoms with Gasteiger partial charge in [-0.05, 0) is 38.5 Å². The lowest BCUT2D eigenvalue weighted by molar-refractivity contribution is -0.143. The van der Waals surface area contributed by atoms with Crippen LogP contribution < -0.4 is 9.47 Å². The van der Waals surface area contributed by atoms with Crippen LogP contribution in [0.1, 0.15) is 38.8 Å². The van der Waals surface area contributed by atoms with Gasteiger partial charge in [0.1, 0.15) is 6.61 Å². The van der Waals surface area contributed by atoms with Gasteiger partial charge in [0.15, 0.2) is 16.7 Å². The molecule has 1 aromatic rings. The standard InChI is InChI=1S/C22H26N2O5S/c1-6-10-28-16-8-7-15(12-17(16)27-5)20-19(21(26)29-13(2)3)14(4)23-22-24(20)18(25)9-11-30-22/h6-8,12-13,20H,1,9-11H2,2-5H3/t20-/m1/s1. The number of esters is 1. The zero-order valence-corrected chi connectivity index (χ0v) is 18.5. The van der Waals surface area contributed by atoms with E-state index in [1.54, 1.807) is 51.0 Å². The molecule has 0 unspecified atom stereocenters. The summed E-state index contributed by atoms with van der Waals surface area (Å²) in [5.74, 6) is 1.16. The Balaban J connectivity index is 2.12. The highest BCUT2D eigenvalue weighted by Gasteiger charge is 2.42. The molecule has 1 atom stereocenters. The van der Waals surface area contributed by atoms with Crippen LogP contribution in [0.2, 0.25) is 0 Å². The molecule has 1 aromatic carbocycles. The molecule has 0 bridgehead atoms. The van der Waals surface area contributed by atoms with E-state index < -0.39 is 12.0 Å². The van der Waals surface area contributed by atoms with Crippen LogP contribution in [-0.2, 0) is 14.3 Å². The highest BCUT2D eigenvalue weighted by Crippen LogP contribution is 2.42. The van der Waals surface area contributed by atoms with Crippen LogP contribution in [0, 0.1) is 0 Å². The van der Waals surface area contributed by atoms with E-state index in [4.69, 9.17) is 14.2 Å². The van der Waals surface area contributed by atoms with E-state index in [-0.39, 0.29) is 12.0 Å². The number of aliphatic imine (C=N–C) groups is 1. The smallest absolute Gasteiger partial charge is 0.338 e. The first-order valence-corrected chi connectivity index (χ1v) is 10.7. The van der Waals surface area contributed by atoms with Crippen LogP contribution in [-0.4, -0.2) is 47.5 Å². The topological polar surface area (TPSA) is 77.4 Å². The first-order chi connectivity index (χ1) is 14.4. The van der Waals surface area contributed by atoms with Crippen LogP contribution in [0.3, 0.4) is 0 Å². The zero-order valence-electron chi connectivity index (χ0n) is 17.6. The highest BCUT2D eigenvalue weighted by molar-refractivity contribution is 8.14. The number of rotatable bonds is 7. The maximum absolute atomic E-state index is 13.0. The zero-order chi connectivity index (χ0) is 21.8. The van der Waals surface area contributed by atoms with Crippen molar-refractivity contribution in [3.63, 3.8) is 0 Å². The van der Waals surface area contributed by atoms with E-state index in [1.165, 1.54) is 11.8 Å². The fourth-order valence-electron chi connectivity index (χ4n) is 3.37. The van der Waals surface area contributed by atoms with Gasteiger partial charge < -0.3 is 14.2 Å². The van der Waals surface area contributed by atoms with Crippen LogP contribution in [0.15, 0.2) is 47.1 Å². The Morgan fingerprint density at radius 2 is 2.17 bits per heavy atom. The van der Waals surface area contributed by atoms with Crippen molar-refractivity contribution in [3.05, 3.63) is 47.7 Å². The Morgan fingerprint density at radius 3 is 2.83 bits per heavy atom. The number of hydrogen-bond donors (Lipinski definition) is 0. The van der Waals surface area contributed by atoms with Gasteiger partial charge in [-0.25, -0.2) is 9.79 Å². The number of thioether (sulfide) groups is 1. The van der Waals surface area contributed by atoms with Gasteiger partial charge in [-0.1, -0.05) is 30.5 Å². The minimum absolute atomic E-state index is 0.0780. The lowest BCUT2D eigenvalue weighted by Gasteiger charge is -2.39. The lowest BCUT2D eigenvalue weighted by atomic mass is 9.93. The number of fused-ring (bicyclic) bond motifs is 1. The summed E-state index contributed by atoms with van der Waals surface area (Å²) in [5.41, 5.74) is 1.62. The fourth-order valence-corrected chi connectivity index (χ4v) is 4.38. The van der Waals surface area contributed by atoms with E-state index >= 15 is 0 Å². The number of allylic oxidation sites excluding steroid dienone is 1. The molecule has 0 saturated carbocycles. The number of carbonyl (C=O) groups excluding carboxylic acids is 2. The normalized spacial score (nSPS) is 18.7. The second kappa shape index (κ2) is 9.38. The number of benzene rings is 1. The average molecular weight is 431 g/mol. The van der Waals surface area contributed by atoms with Crippen molar-refractivity contribution in [2.45, 2.75) is 39.3 Å². The van der Waals surface area contributed by atoms with Crippen molar-refractivity contribution in [2.24, 2.45) is 4.99 Å². The van der Waals surface area contributed by atoms with E-state index in [9.17, 15) is 9.59 Å². The predicted molar refractivity (Wildman–Crippen MR) is 117 cm³/mol. The van der Waals surface area contributed by atoms with Gasteiger partial charge in [0.05, 0.1) is 30.5 Å². The number of nitrogens with zero attached hydrogens (tertiary/aromatic N) is 2. The summed E-state index contributed by atoms with van der Waals surface area (Å²) in [4.78, 5) is 32.0. The molecule has 0 radical (unpaired) electrons. The molecule has 0 spiro atoms. The third-order valence-corrected chi connectivity index (χ3v) is 5.58. The maximum Gasteiger partial charge on any atom is 0.338 e. The number of ether oxygens (including phenoxy) is 3. The predicted octanol–water partition coefficient (Wildman–Crippen LogP) is 3.86. The molecule has 8 heteroatoms. The molecule has 1 saturated heterocycles. The quantitative estimate of drug-likeness (QED) is 0.483. The van der Waals surface area contributed by atoms with Gasteiger partial charge in [0, 0.05) is 12.2 Å². The number of amidine groups is 1. The van der Waals surface area contributed by atoms with Gasteiger partial charge in [-0.2, -0.15) is 0 Å². The number of hydrogen-bond acceptors (Lipinski definition) is 7. The highest BCUT2D eigenvalue weighted by atomic mass is 32.2. The monoisotopic (exact) mass is 430 g/mol. The largest absolute Gasteiger partial charge is 0.493 e. The summed E-state index contributed by atoms with van der Waals surface area (Å²) in [6, 6.07) is 4.74. The molecule has 0 aromatic heterocycles. The van der Waals surface area contributed by atoms with Crippen LogP contribution >= 0.6 is 11.8 Å². The molecule has 1 amide bonds. The third-order valence-electron chi connectivity index (χ3n) is 4.63. The van der Waals surface area contributed by atoms with Crippen LogP contribution in [0.25, 0.3) is 0 Å². The summed E-state index contributed by atoms with van der Waals surface area (Å²) in [6.45, 7) is 9.34. The summed E-state index contributed by atoms with van der Waals surface area (Å²) in [7, 11) is 1.55. The lowest BCUT2D eigenvalue weighted by Crippen LogP contribution is -2.46. The summed E-state index contributed by atoms with van der Waals surface area (Å²) in [6.07, 6.45) is 1.73. The van der Waals surface area contributed by atoms with Crippen molar-refractivity contribution in [1.82, 2.24) is 4.90 Å². The second-order valence-corrected chi connectivity index (χ2v) is 8.18. The Hall–Kier alpha value is -2.74. The Morgan fingerprint density at radius 1 is 1.40 bits per heavy atom. The van der Waals surface area contributed by atoms with Gasteiger partial charge in [-0.3, -0.25) is 9.69 Å². The average Bonchev–Trinajstić information content (AvgIpc) is 2.70. The van der Waals surface area contributed by atoms with Crippen molar-refractivity contribution in [1.29, 1.82) is 0 Å². The van der Waals surface area contributed by atoms with Gasteiger partial charge in [0.25, 0.3) is 0 Å². The van der Waals surface area contributed by atoms with Crippen molar-refractivity contribution in [3.8, 4) is 11.5 Å². The molecule has 3 rings (SSSR count). The molecule has 7 nitrogen and oxygen atoms in total. The van der Waals surface area contributed by atoms with E-state index in [0.29, 0.717) is 46.7 Å². The van der Waals surface area contributed by atoms with Crippen molar-refractivity contribution >= 4 is 28.8 Å². The fraction of sp³-hybridized carbons (Fsp3) is 0.409. The summed E-state index contributed by atoms with van der Waals surface area (Å²) in [5, 5.41) is 0.598. The molecule has 2 heterocycles. The Kier molecular flexibility index (Phi) is 6.87. The molecule has 1 fully saturated rings. The summed E-state index contributed by atoms with van der Waals surface area (Å²) < 4.78 is 16.6. The van der Waals surface area contributed by atoms with E-state index in [2.05, 4.69) is 11.6 Å². The maximum atomic E-state index is 13.0. The minimum atomic E-state index is -0.647. The number of methoxy groups -OCH3 is 1. The molecule has 2 aliphatic rings. The molecule has 0 aliphatic carbocycles. The number of amides is 1. The van der Waals surface area contributed by atoms with E-state index in [0.717, 1.165) is 5.56 Å². The van der Waals surface area contributed by atoms with Gasteiger partial charge in [0.2, 0.25) is 5.91 Å². The summed E-state index contributed by atoms with van der Waals surface area (Å²) >= 11 is 1.51. The second-order valence-electron chi connectivity index (χ2n) is 7.12. The molecule has 30 heavy (non-hydrogen) atoms. The Labute approximate surface area is 180 Å². The molecule has 160 valence electrons. The SMILES string of the molecule is C=CCOc1ccc([C@@H]2C(C(=O)OC(C)C)=C(C)N=C3SCCC(=O)N32)cc1OC. The number of carbonyl (C=O) groups is 2. The van der Waals surface area contributed by atoms with Gasteiger partial charge >= 0.3 is 5.97 Å². The molecule has 0 N–H and O–H groups in total.